The van der Waals surface area contributed by atoms with Gasteiger partial charge in [-0.1, -0.05) is 41.4 Å². The van der Waals surface area contributed by atoms with Crippen LogP contribution in [0.15, 0.2) is 47.4 Å². The van der Waals surface area contributed by atoms with Crippen LogP contribution in [-0.2, 0) is 10.0 Å². The van der Waals surface area contributed by atoms with E-state index in [0.29, 0.717) is 0 Å². The predicted molar refractivity (Wildman–Crippen MR) is 78.1 cm³/mol. The summed E-state index contributed by atoms with van der Waals surface area (Å²) in [6, 6.07) is 10.8. The molecule has 0 saturated carbocycles. The minimum atomic E-state index is -3.80. The maximum atomic E-state index is 12.2. The summed E-state index contributed by atoms with van der Waals surface area (Å²) in [6.45, 7) is 0. The molecule has 0 fully saturated rings. The summed E-state index contributed by atoms with van der Waals surface area (Å²) in [7, 11) is -3.80. The summed E-state index contributed by atoms with van der Waals surface area (Å²) in [4.78, 5) is -0.00829. The zero-order chi connectivity index (χ0) is 14.0. The van der Waals surface area contributed by atoms with Gasteiger partial charge in [-0.2, -0.15) is 0 Å². The lowest BCUT2D eigenvalue weighted by atomic mass is 10.3. The van der Waals surface area contributed by atoms with Crippen molar-refractivity contribution in [1.82, 2.24) is 0 Å². The highest BCUT2D eigenvalue weighted by Crippen LogP contribution is 2.31. The van der Waals surface area contributed by atoms with Crippen LogP contribution in [0.2, 0.25) is 10.0 Å². The second-order valence-corrected chi connectivity index (χ2v) is 6.18. The lowest BCUT2D eigenvalue weighted by Gasteiger charge is -2.11. The van der Waals surface area contributed by atoms with E-state index in [0.717, 1.165) is 0 Å². The standard InChI is InChI=1S/C12H10Cl2N2O2S/c13-8-4-3-6-10(12(8)14)16-19(17,18)11-7-2-1-5-9(11)15/h1-7,16H,15H2. The predicted octanol–water partition coefficient (Wildman–Crippen LogP) is 3.38. The van der Waals surface area contributed by atoms with Crippen molar-refractivity contribution < 1.29 is 8.42 Å². The number of halogens is 2. The first kappa shape index (κ1) is 14.0. The Morgan fingerprint density at radius 3 is 2.37 bits per heavy atom. The van der Waals surface area contributed by atoms with Gasteiger partial charge in [-0.15, -0.1) is 0 Å². The molecule has 0 spiro atoms. The third kappa shape index (κ3) is 2.94. The van der Waals surface area contributed by atoms with Gasteiger partial charge < -0.3 is 5.73 Å². The summed E-state index contributed by atoms with van der Waals surface area (Å²) in [5.74, 6) is 0. The molecule has 0 aliphatic rings. The Morgan fingerprint density at radius 2 is 1.68 bits per heavy atom. The van der Waals surface area contributed by atoms with E-state index in [-0.39, 0.29) is 26.3 Å². The van der Waals surface area contributed by atoms with Crippen molar-refractivity contribution >= 4 is 44.6 Å². The van der Waals surface area contributed by atoms with Crippen molar-refractivity contribution in [3.05, 3.63) is 52.5 Å². The summed E-state index contributed by atoms with van der Waals surface area (Å²) in [6.07, 6.45) is 0. The van der Waals surface area contributed by atoms with E-state index in [1.165, 1.54) is 18.2 Å². The number of nitrogens with one attached hydrogen (secondary N) is 1. The average Bonchev–Trinajstić information content (AvgIpc) is 2.35. The number of nitrogen functional groups attached to an aromatic ring is 1. The SMILES string of the molecule is Nc1ccccc1S(=O)(=O)Nc1cccc(Cl)c1Cl. The Labute approximate surface area is 121 Å². The third-order valence-corrected chi connectivity index (χ3v) is 4.66. The van der Waals surface area contributed by atoms with E-state index in [9.17, 15) is 8.42 Å². The van der Waals surface area contributed by atoms with Gasteiger partial charge in [0.15, 0.2) is 0 Å². The molecule has 0 aliphatic carbocycles. The first-order chi connectivity index (χ1) is 8.92. The van der Waals surface area contributed by atoms with Crippen molar-refractivity contribution in [2.75, 3.05) is 10.5 Å². The molecule has 0 aromatic heterocycles. The van der Waals surface area contributed by atoms with Crippen LogP contribution < -0.4 is 10.5 Å². The van der Waals surface area contributed by atoms with E-state index < -0.39 is 10.0 Å². The Hall–Kier alpha value is -1.43. The minimum Gasteiger partial charge on any atom is -0.398 e. The number of sulfonamides is 1. The van der Waals surface area contributed by atoms with Crippen LogP contribution in [0.25, 0.3) is 0 Å². The summed E-state index contributed by atoms with van der Waals surface area (Å²) >= 11 is 11.8. The Bertz CT molecular complexity index is 717. The highest BCUT2D eigenvalue weighted by molar-refractivity contribution is 7.92. The fourth-order valence-corrected chi connectivity index (χ4v) is 3.12. The molecule has 0 radical (unpaired) electrons. The topological polar surface area (TPSA) is 72.2 Å². The van der Waals surface area contributed by atoms with Crippen molar-refractivity contribution in [3.8, 4) is 0 Å². The summed E-state index contributed by atoms with van der Waals surface area (Å²) in [5, 5.41) is 0.408. The van der Waals surface area contributed by atoms with Crippen LogP contribution in [0.3, 0.4) is 0 Å². The van der Waals surface area contributed by atoms with E-state index in [1.54, 1.807) is 24.3 Å². The van der Waals surface area contributed by atoms with Crippen LogP contribution in [-0.4, -0.2) is 8.42 Å². The molecule has 0 amide bonds. The molecule has 4 nitrogen and oxygen atoms in total. The molecule has 2 aromatic carbocycles. The summed E-state index contributed by atoms with van der Waals surface area (Å²) in [5.41, 5.74) is 6.02. The number of nitrogens with two attached hydrogens (primary N) is 1. The zero-order valence-electron chi connectivity index (χ0n) is 9.60. The number of anilines is 2. The van der Waals surface area contributed by atoms with E-state index in [4.69, 9.17) is 28.9 Å². The molecule has 2 aromatic rings. The Balaban J connectivity index is 2.43. The number of para-hydroxylation sites is 1. The first-order valence-corrected chi connectivity index (χ1v) is 7.47. The maximum Gasteiger partial charge on any atom is 0.263 e. The van der Waals surface area contributed by atoms with Gasteiger partial charge >= 0.3 is 0 Å². The molecule has 0 bridgehead atoms. The molecule has 0 unspecified atom stereocenters. The van der Waals surface area contributed by atoms with Gasteiger partial charge in [-0.25, -0.2) is 8.42 Å². The van der Waals surface area contributed by atoms with Gasteiger partial charge in [0.2, 0.25) is 0 Å². The lowest BCUT2D eigenvalue weighted by Crippen LogP contribution is -2.15. The number of rotatable bonds is 3. The molecule has 0 saturated heterocycles. The van der Waals surface area contributed by atoms with Gasteiger partial charge in [0.05, 0.1) is 21.4 Å². The highest BCUT2D eigenvalue weighted by Gasteiger charge is 2.18. The second-order valence-electron chi connectivity index (χ2n) is 3.74. The quantitative estimate of drug-likeness (QED) is 0.853. The maximum absolute atomic E-state index is 12.2. The second kappa shape index (κ2) is 5.28. The summed E-state index contributed by atoms with van der Waals surface area (Å²) < 4.78 is 26.7. The van der Waals surface area contributed by atoms with Gasteiger partial charge in [-0.3, -0.25) is 4.72 Å². The zero-order valence-corrected chi connectivity index (χ0v) is 11.9. The van der Waals surface area contributed by atoms with E-state index in [1.807, 2.05) is 0 Å². The van der Waals surface area contributed by atoms with Crippen LogP contribution in [0.4, 0.5) is 11.4 Å². The van der Waals surface area contributed by atoms with Crippen LogP contribution in [0, 0.1) is 0 Å². The van der Waals surface area contributed by atoms with Crippen LogP contribution in [0.5, 0.6) is 0 Å². The Kier molecular flexibility index (Phi) is 3.89. The lowest BCUT2D eigenvalue weighted by molar-refractivity contribution is 0.601. The first-order valence-electron chi connectivity index (χ1n) is 5.23. The minimum absolute atomic E-state index is 0.00829. The fraction of sp³-hybridized carbons (Fsp3) is 0. The molecule has 0 aliphatic heterocycles. The molecule has 0 atom stereocenters. The van der Waals surface area contributed by atoms with Crippen molar-refractivity contribution in [3.63, 3.8) is 0 Å². The molecular formula is C12H10Cl2N2O2S. The highest BCUT2D eigenvalue weighted by atomic mass is 35.5. The van der Waals surface area contributed by atoms with Crippen LogP contribution >= 0.6 is 23.2 Å². The molecule has 19 heavy (non-hydrogen) atoms. The molecule has 3 N–H and O–H groups in total. The van der Waals surface area contributed by atoms with Gasteiger partial charge in [0.1, 0.15) is 4.90 Å². The van der Waals surface area contributed by atoms with E-state index >= 15 is 0 Å². The molecule has 2 rings (SSSR count). The number of hydrogen-bond donors (Lipinski definition) is 2. The largest absolute Gasteiger partial charge is 0.398 e. The monoisotopic (exact) mass is 316 g/mol. The molecular weight excluding hydrogens is 307 g/mol. The average molecular weight is 317 g/mol. The van der Waals surface area contributed by atoms with Crippen molar-refractivity contribution in [2.45, 2.75) is 4.90 Å². The smallest absolute Gasteiger partial charge is 0.263 e. The fourth-order valence-electron chi connectivity index (χ4n) is 1.51. The van der Waals surface area contributed by atoms with Crippen molar-refractivity contribution in [2.24, 2.45) is 0 Å². The molecule has 0 heterocycles. The normalized spacial score (nSPS) is 11.3. The third-order valence-electron chi connectivity index (χ3n) is 2.40. The number of benzene rings is 2. The van der Waals surface area contributed by atoms with Gasteiger partial charge in [0, 0.05) is 0 Å². The van der Waals surface area contributed by atoms with Crippen LogP contribution in [0.1, 0.15) is 0 Å². The molecule has 7 heteroatoms. The van der Waals surface area contributed by atoms with Gasteiger partial charge in [-0.05, 0) is 24.3 Å². The number of hydrogen-bond acceptors (Lipinski definition) is 3. The van der Waals surface area contributed by atoms with E-state index in [2.05, 4.69) is 4.72 Å². The van der Waals surface area contributed by atoms with Gasteiger partial charge in [0.25, 0.3) is 10.0 Å². The molecule has 100 valence electrons. The Morgan fingerprint density at radius 1 is 1.00 bits per heavy atom. The van der Waals surface area contributed by atoms with Crippen molar-refractivity contribution in [1.29, 1.82) is 0 Å².